The van der Waals surface area contributed by atoms with Gasteiger partial charge in [-0.2, -0.15) is 0 Å². The molecule has 0 radical (unpaired) electrons. The lowest BCUT2D eigenvalue weighted by molar-refractivity contribution is 0.0903. The van der Waals surface area contributed by atoms with Crippen molar-refractivity contribution in [3.05, 3.63) is 140 Å². The smallest absolute Gasteiger partial charge is 0.126 e. The summed E-state index contributed by atoms with van der Waals surface area (Å²) in [5.74, 6) is 4.55. The fourth-order valence-electron chi connectivity index (χ4n) is 12.9. The standard InChI is InChI=1S/C23H36O2.C21H32O2.C13H20O2.C11H16O2.C10H16O/c1-7-8-9-10-19-16(5)22(24)21(23(25)17(19)6)20-13-15(4)11-12-18(20)14(2)3;1-5-6-7-8-16-12-19(22)21(20(23)13-16)18-11-15(4)9-10-17(18)14(2)3;1-4-5-6-7-11-9(2)12(14)8-13(15)10(11)3;1-2-3-4-5-9-6-10(12)8-11(13)7-9;1-8(2)9-4-6-10(3,11)7-5-9/h13-14,18,20,24-25H,7-12H2,1-6H3;11-14,17-18,22-23H,5-10H2,1-4H3;8,14-15H,4-7H2,1-3H3;6-8,12-13H,2-5H2,1H3;4,6,9,11H,1,5,7H2,2-3H3/t18-,20+;17-,18+;;;9-,10+/m00..0/s1. The molecule has 9 nitrogen and oxygen atoms in total. The SMILES string of the molecule is C=C(C)[C@H]1C=C[C@@](C)(O)CC1.CCCCCc1c(C)c(O)c([C@@H]2C=C(C)CC[C@H]2C(C)C)c(O)c1C.CCCCCc1c(C)c(O)cc(O)c1C.CCCCCc1cc(O)c([C@@H]2C=C(C)CC[C@H]2C(C)C)c(O)c1.CCCCCc1cc(O)cc(O)c1. The highest BCUT2D eigenvalue weighted by atomic mass is 16.3. The van der Waals surface area contributed by atoms with Crippen molar-refractivity contribution in [2.45, 2.75) is 269 Å². The third-order valence-corrected chi connectivity index (χ3v) is 18.7. The Morgan fingerprint density at radius 1 is 0.494 bits per heavy atom. The predicted molar refractivity (Wildman–Crippen MR) is 366 cm³/mol. The molecule has 0 spiro atoms. The molecule has 0 unspecified atom stereocenters. The molecule has 87 heavy (non-hydrogen) atoms. The number of unbranched alkanes of at least 4 members (excludes halogenated alkanes) is 8. The van der Waals surface area contributed by atoms with Crippen molar-refractivity contribution in [3.8, 4) is 46.0 Å². The maximum atomic E-state index is 11.0. The summed E-state index contributed by atoms with van der Waals surface area (Å²) in [6.07, 6.45) is 32.5. The fraction of sp³-hybridized carbons (Fsp3) is 0.590. The largest absolute Gasteiger partial charge is 0.508 e. The first-order chi connectivity index (χ1) is 41.0. The molecular weight excluding hydrogens is 1080 g/mol. The van der Waals surface area contributed by atoms with Crippen LogP contribution in [0.4, 0.5) is 0 Å². The van der Waals surface area contributed by atoms with Crippen LogP contribution < -0.4 is 0 Å². The van der Waals surface area contributed by atoms with Gasteiger partial charge in [-0.05, 0) is 244 Å². The van der Waals surface area contributed by atoms with Gasteiger partial charge in [-0.15, -0.1) is 0 Å². The molecule has 0 aromatic heterocycles. The van der Waals surface area contributed by atoms with Gasteiger partial charge in [0.1, 0.15) is 46.0 Å². The number of aromatic hydroxyl groups is 8. The van der Waals surface area contributed by atoms with Crippen LogP contribution in [0.5, 0.6) is 46.0 Å². The number of aliphatic hydroxyl groups is 1. The summed E-state index contributed by atoms with van der Waals surface area (Å²) in [5.41, 5.74) is 12.8. The highest BCUT2D eigenvalue weighted by molar-refractivity contribution is 5.60. The molecule has 0 fully saturated rings. The Morgan fingerprint density at radius 3 is 1.24 bits per heavy atom. The van der Waals surface area contributed by atoms with Gasteiger partial charge in [0.25, 0.3) is 0 Å². The second-order valence-corrected chi connectivity index (χ2v) is 26.9. The van der Waals surface area contributed by atoms with Gasteiger partial charge in [0.05, 0.1) is 5.60 Å². The molecule has 486 valence electrons. The highest BCUT2D eigenvalue weighted by Crippen LogP contribution is 2.50. The molecule has 3 aliphatic carbocycles. The summed E-state index contributed by atoms with van der Waals surface area (Å²) < 4.78 is 0. The Kier molecular flexibility index (Phi) is 32.3. The van der Waals surface area contributed by atoms with Crippen molar-refractivity contribution in [3.63, 3.8) is 0 Å². The molecule has 0 saturated carbocycles. The Bertz CT molecular complexity index is 2760. The van der Waals surface area contributed by atoms with E-state index in [9.17, 15) is 46.0 Å². The molecule has 3 aliphatic rings. The first kappa shape index (κ1) is 75.4. The monoisotopic (exact) mass is 1200 g/mol. The number of benzene rings is 4. The van der Waals surface area contributed by atoms with Crippen molar-refractivity contribution in [2.75, 3.05) is 0 Å². The van der Waals surface area contributed by atoms with E-state index in [1.54, 1.807) is 12.1 Å². The average Bonchev–Trinajstić information content (AvgIpc) is 1.20. The Balaban J connectivity index is 0.000000294. The van der Waals surface area contributed by atoms with Crippen LogP contribution in [0.2, 0.25) is 0 Å². The van der Waals surface area contributed by atoms with Crippen LogP contribution in [0, 0.1) is 57.3 Å². The second kappa shape index (κ2) is 37.3. The van der Waals surface area contributed by atoms with Gasteiger partial charge in [0.15, 0.2) is 0 Å². The van der Waals surface area contributed by atoms with Gasteiger partial charge in [0.2, 0.25) is 0 Å². The quantitative estimate of drug-likeness (QED) is 0.0290. The number of hydrogen-bond acceptors (Lipinski definition) is 9. The number of phenolic OH excluding ortho intramolecular Hbond substituents is 8. The van der Waals surface area contributed by atoms with E-state index < -0.39 is 5.60 Å². The van der Waals surface area contributed by atoms with E-state index in [-0.39, 0.29) is 46.3 Å². The summed E-state index contributed by atoms with van der Waals surface area (Å²) in [4.78, 5) is 0. The van der Waals surface area contributed by atoms with Crippen LogP contribution in [0.15, 0.2) is 84.0 Å². The zero-order chi connectivity index (χ0) is 65.3. The lowest BCUT2D eigenvalue weighted by Crippen LogP contribution is -2.25. The number of hydrogen-bond donors (Lipinski definition) is 9. The Labute approximate surface area is 528 Å². The summed E-state index contributed by atoms with van der Waals surface area (Å²) in [7, 11) is 0. The topological polar surface area (TPSA) is 182 Å². The van der Waals surface area contributed by atoms with E-state index in [2.05, 4.69) is 94.0 Å². The molecule has 0 aliphatic heterocycles. The fourth-order valence-corrected chi connectivity index (χ4v) is 12.9. The molecule has 4 aromatic carbocycles. The van der Waals surface area contributed by atoms with E-state index in [0.29, 0.717) is 41.1 Å². The Hall–Kier alpha value is -5.80. The number of allylic oxidation sites excluding steroid dienone is 6. The van der Waals surface area contributed by atoms with Crippen molar-refractivity contribution < 1.29 is 46.0 Å². The third-order valence-electron chi connectivity index (χ3n) is 18.7. The van der Waals surface area contributed by atoms with Gasteiger partial charge in [0, 0.05) is 35.1 Å². The number of phenols is 8. The van der Waals surface area contributed by atoms with Crippen LogP contribution in [0.3, 0.4) is 0 Å². The maximum absolute atomic E-state index is 11.0. The minimum Gasteiger partial charge on any atom is -0.508 e. The lowest BCUT2D eigenvalue weighted by atomic mass is 9.71. The zero-order valence-electron chi connectivity index (χ0n) is 57.1. The average molecular weight is 1200 g/mol. The normalized spacial score (nSPS) is 19.7. The second-order valence-electron chi connectivity index (χ2n) is 26.9. The van der Waals surface area contributed by atoms with Crippen LogP contribution >= 0.6 is 0 Å². The van der Waals surface area contributed by atoms with Gasteiger partial charge in [-0.1, -0.05) is 154 Å². The van der Waals surface area contributed by atoms with Crippen molar-refractivity contribution in [1.29, 1.82) is 0 Å². The molecule has 7 rings (SSSR count). The van der Waals surface area contributed by atoms with Crippen LogP contribution in [0.1, 0.15) is 266 Å². The molecule has 9 N–H and O–H groups in total. The van der Waals surface area contributed by atoms with Crippen molar-refractivity contribution in [1.82, 2.24) is 0 Å². The molecule has 0 bridgehead atoms. The molecular formula is C78H120O9. The first-order valence-corrected chi connectivity index (χ1v) is 33.6. The zero-order valence-corrected chi connectivity index (χ0v) is 57.1. The number of aryl methyl sites for hydroxylation is 2. The molecule has 0 amide bonds. The predicted octanol–water partition coefficient (Wildman–Crippen LogP) is 21.0. The van der Waals surface area contributed by atoms with Crippen LogP contribution in [0.25, 0.3) is 0 Å². The summed E-state index contributed by atoms with van der Waals surface area (Å²) >= 11 is 0. The van der Waals surface area contributed by atoms with Crippen molar-refractivity contribution >= 4 is 0 Å². The van der Waals surface area contributed by atoms with E-state index in [4.69, 9.17) is 0 Å². The van der Waals surface area contributed by atoms with Gasteiger partial charge in [-0.3, -0.25) is 0 Å². The van der Waals surface area contributed by atoms with E-state index in [1.165, 1.54) is 80.2 Å². The van der Waals surface area contributed by atoms with E-state index >= 15 is 0 Å². The van der Waals surface area contributed by atoms with Crippen molar-refractivity contribution in [2.24, 2.45) is 29.6 Å². The van der Waals surface area contributed by atoms with Crippen LogP contribution in [-0.4, -0.2) is 51.6 Å². The van der Waals surface area contributed by atoms with Gasteiger partial charge in [-0.25, -0.2) is 0 Å². The summed E-state index contributed by atoms with van der Waals surface area (Å²) in [6.45, 7) is 37.6. The van der Waals surface area contributed by atoms with Gasteiger partial charge < -0.3 is 46.0 Å². The molecule has 0 heterocycles. The minimum absolute atomic E-state index is 0.107. The summed E-state index contributed by atoms with van der Waals surface area (Å²) in [5, 5.41) is 90.3. The Morgan fingerprint density at radius 2 is 0.874 bits per heavy atom. The van der Waals surface area contributed by atoms with E-state index in [0.717, 1.165) is 146 Å². The minimum atomic E-state index is -0.577. The summed E-state index contributed by atoms with van der Waals surface area (Å²) in [6, 6.07) is 9.90. The van der Waals surface area contributed by atoms with Gasteiger partial charge >= 0.3 is 0 Å². The maximum Gasteiger partial charge on any atom is 0.126 e. The first-order valence-electron chi connectivity index (χ1n) is 33.6. The molecule has 9 heteroatoms. The molecule has 0 saturated heterocycles. The van der Waals surface area contributed by atoms with Crippen LogP contribution in [-0.2, 0) is 25.7 Å². The molecule has 4 aromatic rings. The third kappa shape index (κ3) is 23.6. The highest BCUT2D eigenvalue weighted by Gasteiger charge is 2.34. The molecule has 6 atom stereocenters. The van der Waals surface area contributed by atoms with E-state index in [1.807, 2.05) is 59.8 Å². The lowest BCUT2D eigenvalue weighted by Gasteiger charge is -2.34. The number of rotatable bonds is 21.